The molecule has 2 aromatic rings. The summed E-state index contributed by atoms with van der Waals surface area (Å²) in [7, 11) is -0.244. The molecule has 1 heterocycles. The Kier molecular flexibility index (Phi) is 9.28. The first-order valence-corrected chi connectivity index (χ1v) is 10.3. The first-order valence-electron chi connectivity index (χ1n) is 7.47. The Hall–Kier alpha value is -0.910. The van der Waals surface area contributed by atoms with Crippen molar-refractivity contribution in [3.8, 4) is 0 Å². The van der Waals surface area contributed by atoms with Gasteiger partial charge in [-0.2, -0.15) is 0 Å². The van der Waals surface area contributed by atoms with E-state index in [2.05, 4.69) is 10.3 Å². The summed E-state index contributed by atoms with van der Waals surface area (Å²) in [4.78, 5) is 6.77. The van der Waals surface area contributed by atoms with Gasteiger partial charge in [0.2, 0.25) is 0 Å². The second kappa shape index (κ2) is 10.4. The summed E-state index contributed by atoms with van der Waals surface area (Å²) in [5.74, 6) is -0.419. The van der Waals surface area contributed by atoms with Crippen LogP contribution in [0.5, 0.6) is 0 Å². The number of sulfone groups is 1. The van der Waals surface area contributed by atoms with Crippen molar-refractivity contribution in [3.05, 3.63) is 51.4 Å². The van der Waals surface area contributed by atoms with E-state index in [1.807, 2.05) is 24.1 Å². The first kappa shape index (κ1) is 23.1. The lowest BCUT2D eigenvalue weighted by molar-refractivity contribution is 0.483. The molecular formula is C16H20ClFIN3O2S2. The van der Waals surface area contributed by atoms with Gasteiger partial charge >= 0.3 is 0 Å². The molecule has 0 amide bonds. The number of guanidine groups is 1. The van der Waals surface area contributed by atoms with E-state index in [0.29, 0.717) is 16.8 Å². The molecule has 0 saturated carbocycles. The third-order valence-corrected chi connectivity index (χ3v) is 6.38. The van der Waals surface area contributed by atoms with Gasteiger partial charge in [0.1, 0.15) is 10.7 Å². The molecule has 2 rings (SSSR count). The molecule has 0 saturated heterocycles. The van der Waals surface area contributed by atoms with Crippen LogP contribution in [0.2, 0.25) is 4.34 Å². The van der Waals surface area contributed by atoms with E-state index in [0.717, 1.165) is 10.9 Å². The molecule has 26 heavy (non-hydrogen) atoms. The number of hydrogen-bond acceptors (Lipinski definition) is 4. The molecule has 1 aromatic heterocycles. The first-order chi connectivity index (χ1) is 11.8. The molecule has 144 valence electrons. The number of hydrogen-bond donors (Lipinski definition) is 1. The highest BCUT2D eigenvalue weighted by atomic mass is 127. The molecule has 0 bridgehead atoms. The monoisotopic (exact) mass is 531 g/mol. The van der Waals surface area contributed by atoms with Crippen LogP contribution in [-0.2, 0) is 16.4 Å². The molecule has 1 aromatic carbocycles. The average molecular weight is 532 g/mol. The van der Waals surface area contributed by atoms with E-state index >= 15 is 0 Å². The van der Waals surface area contributed by atoms with Crippen molar-refractivity contribution in [1.82, 2.24) is 10.2 Å². The number of rotatable bonds is 6. The zero-order valence-corrected chi connectivity index (χ0v) is 19.0. The number of thiophene rings is 1. The third kappa shape index (κ3) is 6.36. The Morgan fingerprint density at radius 2 is 2.00 bits per heavy atom. The smallest absolute Gasteiger partial charge is 0.193 e. The summed E-state index contributed by atoms with van der Waals surface area (Å²) >= 11 is 7.39. The van der Waals surface area contributed by atoms with Gasteiger partial charge in [-0.15, -0.1) is 35.3 Å². The van der Waals surface area contributed by atoms with Gasteiger partial charge in [-0.05, 0) is 24.3 Å². The topological polar surface area (TPSA) is 61.8 Å². The van der Waals surface area contributed by atoms with Crippen molar-refractivity contribution in [3.63, 3.8) is 0 Å². The van der Waals surface area contributed by atoms with Gasteiger partial charge in [-0.1, -0.05) is 23.7 Å². The fourth-order valence-electron chi connectivity index (χ4n) is 2.23. The van der Waals surface area contributed by atoms with Crippen LogP contribution in [0.4, 0.5) is 4.39 Å². The summed E-state index contributed by atoms with van der Waals surface area (Å²) in [5.41, 5.74) is 0. The molecule has 5 nitrogen and oxygen atoms in total. The fourth-order valence-corrected chi connectivity index (χ4v) is 4.62. The second-order valence-corrected chi connectivity index (χ2v) is 9.16. The number of nitrogens with zero attached hydrogens (tertiary/aromatic N) is 2. The van der Waals surface area contributed by atoms with Crippen molar-refractivity contribution < 1.29 is 12.8 Å². The minimum Gasteiger partial charge on any atom is -0.355 e. The highest BCUT2D eigenvalue weighted by Gasteiger charge is 2.19. The van der Waals surface area contributed by atoms with Crippen molar-refractivity contribution in [2.75, 3.05) is 26.4 Å². The van der Waals surface area contributed by atoms with E-state index in [1.54, 1.807) is 7.05 Å². The number of nitrogens with one attached hydrogen (secondary N) is 1. The molecule has 0 unspecified atom stereocenters. The molecule has 10 heteroatoms. The SMILES string of the molecule is CN=C(NCCS(=O)(=O)c1ccccc1F)N(C)Cc1ccc(Cl)s1.I. The summed E-state index contributed by atoms with van der Waals surface area (Å²) < 4.78 is 38.9. The van der Waals surface area contributed by atoms with Gasteiger partial charge in [-0.25, -0.2) is 12.8 Å². The van der Waals surface area contributed by atoms with Crippen LogP contribution < -0.4 is 5.32 Å². The lowest BCUT2D eigenvalue weighted by Gasteiger charge is -2.21. The van der Waals surface area contributed by atoms with Crippen LogP contribution in [0.1, 0.15) is 4.88 Å². The molecule has 1 N–H and O–H groups in total. The minimum atomic E-state index is -3.70. The van der Waals surface area contributed by atoms with Gasteiger partial charge < -0.3 is 10.2 Å². The molecule has 0 aliphatic carbocycles. The molecular weight excluding hydrogens is 512 g/mol. The largest absolute Gasteiger partial charge is 0.355 e. The summed E-state index contributed by atoms with van der Waals surface area (Å²) in [6.45, 7) is 0.718. The maximum atomic E-state index is 13.7. The van der Waals surface area contributed by atoms with Crippen LogP contribution >= 0.6 is 46.9 Å². The van der Waals surface area contributed by atoms with E-state index in [9.17, 15) is 12.8 Å². The molecule has 0 fully saturated rings. The molecule has 0 radical (unpaired) electrons. The summed E-state index contributed by atoms with van der Waals surface area (Å²) in [6, 6.07) is 9.12. The lowest BCUT2D eigenvalue weighted by Crippen LogP contribution is -2.40. The number of halogens is 3. The Balaban J connectivity index is 0.00000338. The van der Waals surface area contributed by atoms with E-state index in [1.165, 1.54) is 29.5 Å². The van der Waals surface area contributed by atoms with Crippen LogP contribution in [0, 0.1) is 5.82 Å². The Morgan fingerprint density at radius 1 is 1.31 bits per heavy atom. The van der Waals surface area contributed by atoms with Gasteiger partial charge in [0.05, 0.1) is 16.6 Å². The standard InChI is InChI=1S/C16H19ClFN3O2S2.HI/c1-19-16(21(2)11-12-7-8-15(17)24-12)20-9-10-25(22,23)14-6-4-3-5-13(14)18;/h3-8H,9-11H2,1-2H3,(H,19,20);1H. The highest BCUT2D eigenvalue weighted by Crippen LogP contribution is 2.22. The lowest BCUT2D eigenvalue weighted by atomic mass is 10.3. The van der Waals surface area contributed by atoms with E-state index < -0.39 is 15.7 Å². The number of benzene rings is 1. The number of aliphatic imine (C=N–C) groups is 1. The molecule has 0 aliphatic heterocycles. The van der Waals surface area contributed by atoms with E-state index in [-0.39, 0.29) is 41.2 Å². The van der Waals surface area contributed by atoms with Crippen LogP contribution in [0.3, 0.4) is 0 Å². The predicted molar refractivity (Wildman–Crippen MR) is 116 cm³/mol. The van der Waals surface area contributed by atoms with Crippen molar-refractivity contribution in [2.24, 2.45) is 4.99 Å². The second-order valence-electron chi connectivity index (χ2n) is 5.29. The fraction of sp³-hybridized carbons (Fsp3) is 0.312. The molecule has 0 atom stereocenters. The van der Waals surface area contributed by atoms with Crippen molar-refractivity contribution in [2.45, 2.75) is 11.4 Å². The predicted octanol–water partition coefficient (Wildman–Crippen LogP) is 3.64. The van der Waals surface area contributed by atoms with Crippen LogP contribution in [0.15, 0.2) is 46.3 Å². The summed E-state index contributed by atoms with van der Waals surface area (Å²) in [6.07, 6.45) is 0. The van der Waals surface area contributed by atoms with E-state index in [4.69, 9.17) is 11.6 Å². The minimum absolute atomic E-state index is 0. The quantitative estimate of drug-likeness (QED) is 0.351. The Morgan fingerprint density at radius 3 is 2.58 bits per heavy atom. The Labute approximate surface area is 179 Å². The van der Waals surface area contributed by atoms with Gasteiger partial charge in [0, 0.05) is 25.5 Å². The zero-order valence-electron chi connectivity index (χ0n) is 14.3. The van der Waals surface area contributed by atoms with Gasteiger partial charge in [0.25, 0.3) is 0 Å². The zero-order chi connectivity index (χ0) is 18.4. The summed E-state index contributed by atoms with van der Waals surface area (Å²) in [5, 5.41) is 2.99. The average Bonchev–Trinajstić information content (AvgIpc) is 2.96. The van der Waals surface area contributed by atoms with Crippen molar-refractivity contribution >= 4 is 62.7 Å². The normalized spacial score (nSPS) is 11.8. The van der Waals surface area contributed by atoms with Gasteiger partial charge in [0.15, 0.2) is 15.8 Å². The maximum absolute atomic E-state index is 13.7. The maximum Gasteiger partial charge on any atom is 0.193 e. The molecule has 0 aliphatic rings. The third-order valence-electron chi connectivity index (χ3n) is 3.42. The van der Waals surface area contributed by atoms with Crippen molar-refractivity contribution in [1.29, 1.82) is 0 Å². The Bertz CT molecular complexity index is 859. The molecule has 0 spiro atoms. The van der Waals surface area contributed by atoms with Gasteiger partial charge in [-0.3, -0.25) is 4.99 Å². The highest BCUT2D eigenvalue weighted by molar-refractivity contribution is 14.0. The van der Waals surface area contributed by atoms with Crippen LogP contribution in [0.25, 0.3) is 0 Å². The van der Waals surface area contributed by atoms with Crippen LogP contribution in [-0.4, -0.2) is 45.7 Å².